The van der Waals surface area contributed by atoms with Crippen molar-refractivity contribution in [3.8, 4) is 0 Å². The molecule has 0 amide bonds. The van der Waals surface area contributed by atoms with Crippen LogP contribution in [-0.4, -0.2) is 49.4 Å². The van der Waals surface area contributed by atoms with E-state index in [-0.39, 0.29) is 17.8 Å². The molecule has 4 unspecified atom stereocenters. The van der Waals surface area contributed by atoms with E-state index in [2.05, 4.69) is 0 Å². The molecule has 0 radical (unpaired) electrons. The van der Waals surface area contributed by atoms with Crippen molar-refractivity contribution >= 4 is 21.9 Å². The first-order valence-corrected chi connectivity index (χ1v) is 14.6. The van der Waals surface area contributed by atoms with Gasteiger partial charge in [-0.15, -0.1) is 11.8 Å². The second kappa shape index (κ2) is 11.1. The molecule has 4 atom stereocenters. The highest BCUT2D eigenvalue weighted by Crippen LogP contribution is 2.42. The molecule has 5 nitrogen and oxygen atoms in total. The van der Waals surface area contributed by atoms with E-state index in [0.717, 1.165) is 38.4 Å². The van der Waals surface area contributed by atoms with Gasteiger partial charge in [-0.1, -0.05) is 6.07 Å². The molecule has 4 aliphatic rings. The van der Waals surface area contributed by atoms with Crippen LogP contribution in [0.2, 0.25) is 0 Å². The number of benzene rings is 1. The Morgan fingerprint density at radius 2 is 1.56 bits per heavy atom. The van der Waals surface area contributed by atoms with Gasteiger partial charge in [-0.3, -0.25) is 4.55 Å². The Bertz CT molecular complexity index is 915. The smallest absolute Gasteiger partial charge is 0.378 e. The zero-order chi connectivity index (χ0) is 24.3. The molecule has 10 heteroatoms. The van der Waals surface area contributed by atoms with E-state index in [9.17, 15) is 21.6 Å². The van der Waals surface area contributed by atoms with Crippen LogP contribution in [0, 0.1) is 17.8 Å². The van der Waals surface area contributed by atoms with E-state index in [0.29, 0.717) is 34.7 Å². The highest BCUT2D eigenvalue weighted by Gasteiger charge is 2.37. The van der Waals surface area contributed by atoms with Crippen molar-refractivity contribution in [2.45, 2.75) is 79.9 Å². The lowest BCUT2D eigenvalue weighted by atomic mass is 9.95. The Kier molecular flexibility index (Phi) is 8.55. The van der Waals surface area contributed by atoms with Gasteiger partial charge in [0.1, 0.15) is 0 Å². The third-order valence-corrected chi connectivity index (χ3v) is 9.08. The van der Waals surface area contributed by atoms with Gasteiger partial charge in [-0.25, -0.2) is 0 Å². The average Bonchev–Trinajstić information content (AvgIpc) is 3.66. The lowest BCUT2D eigenvalue weighted by Gasteiger charge is -2.29. The summed E-state index contributed by atoms with van der Waals surface area (Å²) in [6.45, 7) is 1.37. The van der Waals surface area contributed by atoms with Crippen LogP contribution < -0.4 is 0 Å². The number of rotatable bonds is 6. The number of halogens is 3. The van der Waals surface area contributed by atoms with Crippen LogP contribution in [0.15, 0.2) is 29.2 Å². The summed E-state index contributed by atoms with van der Waals surface area (Å²) in [7, 11) is -3.81. The van der Waals surface area contributed by atoms with Gasteiger partial charge in [-0.05, 0) is 87.3 Å². The monoisotopic (exact) mass is 522 g/mol. The van der Waals surface area contributed by atoms with E-state index in [4.69, 9.17) is 14.0 Å². The first-order valence-electron chi connectivity index (χ1n) is 12.1. The lowest BCUT2D eigenvalue weighted by Crippen LogP contribution is -2.30. The fraction of sp³-hybridized carbons (Fsp3) is 0.750. The second-order valence-corrected chi connectivity index (χ2v) is 12.8. The van der Waals surface area contributed by atoms with E-state index in [1.54, 1.807) is 17.8 Å². The summed E-state index contributed by atoms with van der Waals surface area (Å²) < 4.78 is 79.6. The molecule has 1 N–H and O–H groups in total. The van der Waals surface area contributed by atoms with Gasteiger partial charge < -0.3 is 9.47 Å². The Labute approximate surface area is 203 Å². The number of hydrogen-bond donors (Lipinski definition) is 1. The maximum atomic E-state index is 12.7. The van der Waals surface area contributed by atoms with Crippen LogP contribution in [0.4, 0.5) is 13.2 Å². The van der Waals surface area contributed by atoms with Gasteiger partial charge in [-0.2, -0.15) is 21.6 Å². The van der Waals surface area contributed by atoms with Gasteiger partial charge in [0.25, 0.3) is 10.1 Å². The summed E-state index contributed by atoms with van der Waals surface area (Å²) in [5.41, 5.74) is -0.562. The van der Waals surface area contributed by atoms with E-state index in [1.807, 2.05) is 0 Å². The summed E-state index contributed by atoms with van der Waals surface area (Å²) in [5.74, 6) is 1.34. The minimum absolute atomic E-state index is 0.0874. The molecule has 192 valence electrons. The summed E-state index contributed by atoms with van der Waals surface area (Å²) in [5, 5.41) is 0.373. The molecule has 0 aromatic heterocycles. The summed E-state index contributed by atoms with van der Waals surface area (Å²) in [4.78, 5) is 0.710. The van der Waals surface area contributed by atoms with Gasteiger partial charge in [0.05, 0.1) is 23.5 Å². The van der Waals surface area contributed by atoms with Gasteiger partial charge in [0.15, 0.2) is 0 Å². The molecule has 4 fully saturated rings. The standard InChI is InChI=1S/C15H17F3OS.C9H16O4S/c16-15(17,18)11-2-1-3-12(8-11)20-13-6-7-19-14(9-13)10-4-5-10;10-14(11,12)6-7-3-4-13-9(5-7)8-1-2-8/h1-3,8,10,13-14H,4-7,9H2;7-9H,1-6H2,(H,10,11,12). The zero-order valence-corrected chi connectivity index (χ0v) is 20.7. The predicted octanol–water partition coefficient (Wildman–Crippen LogP) is 5.83. The van der Waals surface area contributed by atoms with Crippen molar-refractivity contribution in [1.82, 2.24) is 0 Å². The Morgan fingerprint density at radius 1 is 0.941 bits per heavy atom. The van der Waals surface area contributed by atoms with Crippen LogP contribution in [0.25, 0.3) is 0 Å². The zero-order valence-electron chi connectivity index (χ0n) is 19.1. The van der Waals surface area contributed by atoms with Crippen molar-refractivity contribution in [2.24, 2.45) is 17.8 Å². The van der Waals surface area contributed by atoms with E-state index < -0.39 is 21.9 Å². The first-order chi connectivity index (χ1) is 16.1. The molecular formula is C24H33F3O5S2. The topological polar surface area (TPSA) is 72.8 Å². The van der Waals surface area contributed by atoms with Crippen molar-refractivity contribution in [3.63, 3.8) is 0 Å². The van der Waals surface area contributed by atoms with E-state index in [1.165, 1.54) is 37.8 Å². The SMILES string of the molecule is FC(F)(F)c1cccc(SC2CCOC(C3CC3)C2)c1.O=S(=O)(O)CC1CCOC(C2CC2)C1. The van der Waals surface area contributed by atoms with Crippen LogP contribution in [0.3, 0.4) is 0 Å². The van der Waals surface area contributed by atoms with Crippen LogP contribution in [-0.2, 0) is 25.8 Å². The fourth-order valence-electron chi connectivity index (χ4n) is 4.78. The van der Waals surface area contributed by atoms with Gasteiger partial charge >= 0.3 is 6.18 Å². The summed E-state index contributed by atoms with van der Waals surface area (Å²) in [6.07, 6.45) is 4.65. The van der Waals surface area contributed by atoms with E-state index >= 15 is 0 Å². The predicted molar refractivity (Wildman–Crippen MR) is 124 cm³/mol. The second-order valence-electron chi connectivity index (χ2n) is 9.92. The minimum Gasteiger partial charge on any atom is -0.378 e. The minimum atomic E-state index is -4.26. The molecule has 2 aliphatic heterocycles. The molecule has 0 bridgehead atoms. The largest absolute Gasteiger partial charge is 0.416 e. The van der Waals surface area contributed by atoms with Crippen molar-refractivity contribution in [2.75, 3.05) is 19.0 Å². The molecule has 2 heterocycles. The summed E-state index contributed by atoms with van der Waals surface area (Å²) in [6, 6.07) is 5.64. The Morgan fingerprint density at radius 3 is 2.15 bits per heavy atom. The number of alkyl halides is 3. The third kappa shape index (κ3) is 8.40. The average molecular weight is 523 g/mol. The third-order valence-electron chi connectivity index (χ3n) is 6.90. The number of thioether (sulfide) groups is 1. The normalized spacial score (nSPS) is 30.4. The van der Waals surface area contributed by atoms with Gasteiger partial charge in [0, 0.05) is 23.4 Å². The highest BCUT2D eigenvalue weighted by molar-refractivity contribution is 8.00. The Hall–Kier alpha value is -0.810. The molecule has 34 heavy (non-hydrogen) atoms. The molecule has 2 saturated heterocycles. The highest BCUT2D eigenvalue weighted by atomic mass is 32.2. The number of ether oxygens (including phenoxy) is 2. The number of hydrogen-bond acceptors (Lipinski definition) is 5. The lowest BCUT2D eigenvalue weighted by molar-refractivity contribution is -0.137. The van der Waals surface area contributed by atoms with Crippen molar-refractivity contribution in [3.05, 3.63) is 29.8 Å². The van der Waals surface area contributed by atoms with Crippen molar-refractivity contribution < 1.29 is 35.6 Å². The van der Waals surface area contributed by atoms with Crippen LogP contribution >= 0.6 is 11.8 Å². The molecular weight excluding hydrogens is 489 g/mol. The molecule has 1 aromatic carbocycles. The molecule has 2 saturated carbocycles. The molecule has 5 rings (SSSR count). The maximum absolute atomic E-state index is 12.7. The molecule has 1 aromatic rings. The molecule has 0 spiro atoms. The fourth-order valence-corrected chi connectivity index (χ4v) is 6.92. The summed E-state index contributed by atoms with van der Waals surface area (Å²) >= 11 is 1.56. The maximum Gasteiger partial charge on any atom is 0.416 e. The Balaban J connectivity index is 0.000000172. The molecule has 2 aliphatic carbocycles. The first kappa shape index (κ1) is 26.3. The van der Waals surface area contributed by atoms with Crippen LogP contribution in [0.5, 0.6) is 0 Å². The quantitative estimate of drug-likeness (QED) is 0.474. The van der Waals surface area contributed by atoms with Gasteiger partial charge in [0.2, 0.25) is 0 Å². The van der Waals surface area contributed by atoms with Crippen LogP contribution in [0.1, 0.15) is 56.9 Å². The van der Waals surface area contributed by atoms with Crippen molar-refractivity contribution in [1.29, 1.82) is 0 Å².